The molecule has 98 heavy (non-hydrogen) atoms. The number of carbonyl (C=O) groups excluding carboxylic acids is 9. The van der Waals surface area contributed by atoms with Crippen molar-refractivity contribution in [3.8, 4) is 11.1 Å². The van der Waals surface area contributed by atoms with Crippen LogP contribution in [0.25, 0.3) is 32.9 Å². The van der Waals surface area contributed by atoms with Gasteiger partial charge in [-0.25, -0.2) is 29.4 Å². The third-order valence-electron chi connectivity index (χ3n) is 15.3. The molecule has 1 aliphatic rings. The van der Waals surface area contributed by atoms with Gasteiger partial charge in [0, 0.05) is 48.5 Å². The predicted octanol–water partition coefficient (Wildman–Crippen LogP) is 9.11. The van der Waals surface area contributed by atoms with Crippen LogP contribution in [0.2, 0.25) is 0 Å². The number of para-hydroxylation sites is 2. The molecule has 0 aliphatic heterocycles. The molecule has 27 heteroatoms. The zero-order valence-electron chi connectivity index (χ0n) is 56.2. The maximum Gasteiger partial charge on any atom is 0.444 e. The first-order valence-corrected chi connectivity index (χ1v) is 33.3. The van der Waals surface area contributed by atoms with E-state index in [4.69, 9.17) is 29.4 Å². The van der Waals surface area contributed by atoms with E-state index in [2.05, 4.69) is 38.0 Å². The van der Waals surface area contributed by atoms with E-state index in [-0.39, 0.29) is 53.5 Å². The number of hydrogen-bond donors (Lipinski definition) is 7. The molecule has 0 saturated heterocycles. The van der Waals surface area contributed by atoms with Crippen LogP contribution >= 0.6 is 0 Å². The van der Waals surface area contributed by atoms with Gasteiger partial charge in [0.25, 0.3) is 5.91 Å². The zero-order valence-corrected chi connectivity index (χ0v) is 57.0. The number of nitrogens with two attached hydrogens (primary N) is 1. The summed E-state index contributed by atoms with van der Waals surface area (Å²) in [5, 5.41) is 11.1. The van der Waals surface area contributed by atoms with Crippen LogP contribution in [0.4, 0.5) is 24.0 Å². The van der Waals surface area contributed by atoms with Crippen LogP contribution in [0.1, 0.15) is 115 Å². The Bertz CT molecular complexity index is 4180. The lowest BCUT2D eigenvalue weighted by Gasteiger charge is -2.28. The summed E-state index contributed by atoms with van der Waals surface area (Å²) in [4.78, 5) is 127. The lowest BCUT2D eigenvalue weighted by atomic mass is 9.98. The number of primary amides is 1. The first-order valence-electron chi connectivity index (χ1n) is 31.9. The van der Waals surface area contributed by atoms with E-state index in [9.17, 15) is 28.8 Å². The fourth-order valence-corrected chi connectivity index (χ4v) is 12.2. The number of fused-ring (bicyclic) bond motifs is 5. The van der Waals surface area contributed by atoms with Crippen LogP contribution in [-0.4, -0.2) is 137 Å². The summed E-state index contributed by atoms with van der Waals surface area (Å²) < 4.78 is 63.9. The van der Waals surface area contributed by atoms with Gasteiger partial charge in [-0.2, -0.15) is 13.1 Å². The molecular weight excluding hydrogens is 1280 g/mol. The number of alkyl carbamates (subject to hydrolysis) is 2. The number of nitrogens with zero attached hydrogens (tertiary/aromatic N) is 3. The van der Waals surface area contributed by atoms with Crippen LogP contribution in [0.15, 0.2) is 152 Å². The molecule has 4 atom stereocenters. The van der Waals surface area contributed by atoms with E-state index < -0.39 is 131 Å². The number of unbranched alkanes of at least 4 members (excludes halogenated alkanes) is 1. The molecule has 5 aromatic carbocycles. The highest BCUT2D eigenvalue weighted by Crippen LogP contribution is 2.44. The molecule has 2 heterocycles. The summed E-state index contributed by atoms with van der Waals surface area (Å²) >= 11 is 0. The van der Waals surface area contributed by atoms with Crippen LogP contribution in [0, 0.1) is 0 Å². The monoisotopic (exact) mass is 1360 g/mol. The molecule has 2 aromatic heterocycles. The SMILES string of the molecule is C=CCOC(=O)N[C@H](Cc1cn(C(=O)OC(C)(C)C)c2ccccc12)C(=O)NN(C(=O)OCC1c2ccccc2-c2ccccc21)S(=O)(=O)N[C@@H](Cc1cn(C(=O)OC(C)(C)C)c2ccccc12)C(=O)N[C@H](Cc1ccccc1)C(=O)N[C@@H](CCCCNC(=O)OC(C)(C)C)C(N)=O. The maximum atomic E-state index is 15.7. The van der Waals surface area contributed by atoms with Crippen LogP contribution < -0.4 is 37.1 Å². The highest BCUT2D eigenvalue weighted by atomic mass is 32.2. The van der Waals surface area contributed by atoms with Crippen molar-refractivity contribution in [1.29, 1.82) is 0 Å². The summed E-state index contributed by atoms with van der Waals surface area (Å²) in [6.07, 6.45) is -1.95. The van der Waals surface area contributed by atoms with Crippen molar-refractivity contribution >= 4 is 86.1 Å². The van der Waals surface area contributed by atoms with Gasteiger partial charge in [-0.05, 0) is 139 Å². The Morgan fingerprint density at radius 3 is 1.57 bits per heavy atom. The van der Waals surface area contributed by atoms with E-state index in [0.717, 1.165) is 22.3 Å². The van der Waals surface area contributed by atoms with Gasteiger partial charge in [-0.15, -0.1) is 0 Å². The summed E-state index contributed by atoms with van der Waals surface area (Å²) in [6.45, 7) is 18.0. The molecule has 0 radical (unpaired) electrons. The summed E-state index contributed by atoms with van der Waals surface area (Å²) in [5.74, 6) is -5.08. The van der Waals surface area contributed by atoms with Gasteiger partial charge in [-0.1, -0.05) is 132 Å². The van der Waals surface area contributed by atoms with Crippen molar-refractivity contribution in [2.75, 3.05) is 19.8 Å². The van der Waals surface area contributed by atoms with E-state index in [0.29, 0.717) is 28.3 Å². The minimum atomic E-state index is -5.72. The molecule has 7 amide bonds. The molecule has 0 bridgehead atoms. The average molecular weight is 1370 g/mol. The standard InChI is InChI=1S/C71H84N10O16S/c1-11-37-93-65(87)76-56(39-45-41-79(66(88)96-70(5,6)7)58-34-21-19-27-47(45)58)63(85)77-81(68(90)94-43-53-51-31-17-15-29-49(51)50-30-16-18-32-52(50)53)98(91,92)78-57(40-46-42-80(67(89)97-71(8,9)10)59-35-22-20-28-48(46)59)62(84)75-55(38-44-25-13-12-14-26-44)61(83)74-54(60(72)82)33-23-24-36-73-64(86)95-69(2,3)4/h11-22,25-32,34-35,41-42,53-57,78H,1,23-24,33,36-40,43H2,2-10H3,(H2,72,82)(H,73,86)(H,74,83)(H,75,84)(H,76,87)(H,77,85)/t54-,55+,56+,57-/m0/s1. The normalized spacial score (nSPS) is 13.5. The molecule has 0 unspecified atom stereocenters. The highest BCUT2D eigenvalue weighted by Gasteiger charge is 2.41. The molecule has 520 valence electrons. The third-order valence-corrected chi connectivity index (χ3v) is 16.6. The van der Waals surface area contributed by atoms with Crippen LogP contribution in [-0.2, 0) is 72.3 Å². The van der Waals surface area contributed by atoms with Gasteiger partial charge in [-0.3, -0.25) is 28.3 Å². The van der Waals surface area contributed by atoms with Crippen molar-refractivity contribution < 1.29 is 75.3 Å². The number of hydrogen-bond acceptors (Lipinski definition) is 16. The third kappa shape index (κ3) is 19.6. The molecule has 0 saturated carbocycles. The largest absolute Gasteiger partial charge is 0.446 e. The number of aromatic nitrogens is 2. The molecular formula is C71H84N10O16S. The Balaban J connectivity index is 1.19. The zero-order chi connectivity index (χ0) is 71.3. The van der Waals surface area contributed by atoms with Gasteiger partial charge in [0.05, 0.1) is 11.0 Å². The summed E-state index contributed by atoms with van der Waals surface area (Å²) in [7, 11) is -5.72. The predicted molar refractivity (Wildman–Crippen MR) is 365 cm³/mol. The fraction of sp³-hybridized carbons (Fsp3) is 0.366. The van der Waals surface area contributed by atoms with Crippen molar-refractivity contribution in [1.82, 2.24) is 45.0 Å². The van der Waals surface area contributed by atoms with Crippen LogP contribution in [0.5, 0.6) is 0 Å². The molecule has 26 nitrogen and oxygen atoms in total. The number of amides is 7. The Labute approximate surface area is 568 Å². The van der Waals surface area contributed by atoms with Gasteiger partial charge in [0.15, 0.2) is 0 Å². The number of nitrogens with one attached hydrogen (secondary N) is 6. The number of hydrazine groups is 1. The topological polar surface area (TPSA) is 345 Å². The number of ether oxygens (including phenoxy) is 5. The van der Waals surface area contributed by atoms with E-state index in [1.807, 2.05) is 36.4 Å². The fourth-order valence-electron chi connectivity index (χ4n) is 11.0. The Morgan fingerprint density at radius 2 is 1.04 bits per heavy atom. The number of carbonyl (C=O) groups is 9. The van der Waals surface area contributed by atoms with Crippen molar-refractivity contribution in [3.63, 3.8) is 0 Å². The smallest absolute Gasteiger partial charge is 0.444 e. The Hall–Kier alpha value is -10.5. The minimum absolute atomic E-state index is 0.00750. The van der Waals surface area contributed by atoms with E-state index >= 15 is 22.8 Å². The Morgan fingerprint density at radius 1 is 0.561 bits per heavy atom. The van der Waals surface area contributed by atoms with Gasteiger partial charge >= 0.3 is 40.7 Å². The second-order valence-electron chi connectivity index (χ2n) is 26.4. The van der Waals surface area contributed by atoms with Crippen LogP contribution in [0.3, 0.4) is 0 Å². The van der Waals surface area contributed by atoms with Gasteiger partial charge in [0.2, 0.25) is 17.7 Å². The second-order valence-corrected chi connectivity index (χ2v) is 27.9. The van der Waals surface area contributed by atoms with Crippen molar-refractivity contribution in [3.05, 3.63) is 180 Å². The van der Waals surface area contributed by atoms with E-state index in [1.165, 1.54) is 27.6 Å². The second kappa shape index (κ2) is 31.6. The molecule has 8 N–H and O–H groups in total. The lowest BCUT2D eigenvalue weighted by molar-refractivity contribution is -0.132. The minimum Gasteiger partial charge on any atom is -0.446 e. The molecule has 0 fully saturated rings. The summed E-state index contributed by atoms with van der Waals surface area (Å²) in [6, 6.07) is 29.3. The quantitative estimate of drug-likeness (QED) is 0.0121. The average Bonchev–Trinajstić information content (AvgIpc) is 1.62. The lowest BCUT2D eigenvalue weighted by Crippen LogP contribution is -2.62. The first kappa shape index (κ1) is 73.3. The van der Waals surface area contributed by atoms with Crippen molar-refractivity contribution in [2.45, 2.75) is 148 Å². The molecule has 1 aliphatic carbocycles. The maximum absolute atomic E-state index is 15.7. The molecule has 7 aromatic rings. The highest BCUT2D eigenvalue weighted by molar-refractivity contribution is 7.87. The van der Waals surface area contributed by atoms with E-state index in [1.54, 1.807) is 153 Å². The van der Waals surface area contributed by atoms with Crippen molar-refractivity contribution in [2.24, 2.45) is 5.73 Å². The summed E-state index contributed by atoms with van der Waals surface area (Å²) in [5.41, 5.74) is 9.99. The Kier molecular flexibility index (Phi) is 23.6. The van der Waals surface area contributed by atoms with Gasteiger partial charge in [0.1, 0.15) is 54.2 Å². The van der Waals surface area contributed by atoms with Gasteiger partial charge < -0.3 is 50.7 Å². The first-order chi connectivity index (χ1) is 46.3. The number of benzene rings is 5. The number of rotatable bonds is 25. The molecule has 8 rings (SSSR count). The molecule has 0 spiro atoms.